The van der Waals surface area contributed by atoms with Gasteiger partial charge in [-0.05, 0) is 53.1 Å². The van der Waals surface area contributed by atoms with Gasteiger partial charge >= 0.3 is 0 Å². The summed E-state index contributed by atoms with van der Waals surface area (Å²) >= 11 is 0. The molecular formula is C28H32O9S. The van der Waals surface area contributed by atoms with Crippen LogP contribution in [0, 0.1) is 0 Å². The minimum atomic E-state index is -3.77. The van der Waals surface area contributed by atoms with E-state index in [2.05, 4.69) is 0 Å². The van der Waals surface area contributed by atoms with Crippen LogP contribution >= 0.6 is 0 Å². The molecule has 9 nitrogen and oxygen atoms in total. The molecule has 10 heteroatoms. The van der Waals surface area contributed by atoms with Crippen molar-refractivity contribution in [3.05, 3.63) is 59.2 Å². The van der Waals surface area contributed by atoms with Crippen LogP contribution in [0.5, 0.6) is 40.2 Å². The van der Waals surface area contributed by atoms with Crippen LogP contribution in [0.3, 0.4) is 0 Å². The van der Waals surface area contributed by atoms with E-state index >= 15 is 0 Å². The second-order valence-corrected chi connectivity index (χ2v) is 9.96. The van der Waals surface area contributed by atoms with Gasteiger partial charge in [-0.3, -0.25) is 0 Å². The summed E-state index contributed by atoms with van der Waals surface area (Å²) in [6.45, 7) is 0. The number of ether oxygens (including phenoxy) is 7. The van der Waals surface area contributed by atoms with Crippen LogP contribution in [0.2, 0.25) is 0 Å². The monoisotopic (exact) mass is 544 g/mol. The Kier molecular flexibility index (Phi) is 9.35. The van der Waals surface area contributed by atoms with Gasteiger partial charge in [0.05, 0.1) is 60.4 Å². The van der Waals surface area contributed by atoms with Gasteiger partial charge in [0.25, 0.3) is 0 Å². The van der Waals surface area contributed by atoms with Gasteiger partial charge in [-0.25, -0.2) is 8.42 Å². The molecule has 0 N–H and O–H groups in total. The predicted molar refractivity (Wildman–Crippen MR) is 145 cm³/mol. The molecule has 0 heterocycles. The van der Waals surface area contributed by atoms with Crippen molar-refractivity contribution in [2.45, 2.75) is 10.6 Å². The first-order chi connectivity index (χ1) is 18.2. The van der Waals surface area contributed by atoms with Crippen LogP contribution in [0.25, 0.3) is 12.2 Å². The minimum Gasteiger partial charge on any atom is -0.493 e. The Morgan fingerprint density at radius 3 is 1.63 bits per heavy atom. The quantitative estimate of drug-likeness (QED) is 0.295. The fourth-order valence-corrected chi connectivity index (χ4v) is 5.29. The molecule has 38 heavy (non-hydrogen) atoms. The second kappa shape index (κ2) is 12.5. The predicted octanol–water partition coefficient (Wildman–Crippen LogP) is 4.89. The Morgan fingerprint density at radius 1 is 0.579 bits per heavy atom. The molecule has 0 atom stereocenters. The summed E-state index contributed by atoms with van der Waals surface area (Å²) in [6.07, 6.45) is 3.61. The first kappa shape index (κ1) is 28.5. The van der Waals surface area contributed by atoms with E-state index in [-0.39, 0.29) is 10.6 Å². The van der Waals surface area contributed by atoms with Gasteiger partial charge in [0.1, 0.15) is 0 Å². The normalized spacial score (nSPS) is 11.2. The van der Waals surface area contributed by atoms with Crippen molar-refractivity contribution in [2.24, 2.45) is 0 Å². The van der Waals surface area contributed by atoms with Gasteiger partial charge in [-0.15, -0.1) is 0 Å². The highest BCUT2D eigenvalue weighted by Crippen LogP contribution is 2.39. The zero-order valence-corrected chi connectivity index (χ0v) is 23.3. The molecule has 0 aliphatic rings. The summed E-state index contributed by atoms with van der Waals surface area (Å²) in [5, 5.41) is 0. The van der Waals surface area contributed by atoms with Crippen molar-refractivity contribution in [3.8, 4) is 40.2 Å². The van der Waals surface area contributed by atoms with Gasteiger partial charge < -0.3 is 33.2 Å². The highest BCUT2D eigenvalue weighted by atomic mass is 32.2. The van der Waals surface area contributed by atoms with Crippen LogP contribution in [0.4, 0.5) is 0 Å². The summed E-state index contributed by atoms with van der Waals surface area (Å²) < 4.78 is 64.6. The molecule has 0 saturated carbocycles. The van der Waals surface area contributed by atoms with Crippen molar-refractivity contribution in [3.63, 3.8) is 0 Å². The molecule has 0 spiro atoms. The van der Waals surface area contributed by atoms with Crippen molar-refractivity contribution in [2.75, 3.05) is 49.8 Å². The van der Waals surface area contributed by atoms with Crippen LogP contribution < -0.4 is 33.2 Å². The molecule has 0 aliphatic heterocycles. The lowest BCUT2D eigenvalue weighted by Crippen LogP contribution is -2.07. The minimum absolute atomic E-state index is 0.101. The standard InChI is InChI=1S/C28H32O9S/c1-31-22-11-10-21(16-25(22)34-4)38(29,30)17-20-15-24(33-3)23(32-2)14-19(20)9-8-18-12-26(35-5)28(37-7)27(13-18)36-6/h8-16H,17H2,1-7H3/b9-8-. The van der Waals surface area contributed by atoms with Gasteiger partial charge in [-0.2, -0.15) is 0 Å². The molecule has 0 fully saturated rings. The number of methoxy groups -OCH3 is 7. The van der Waals surface area contributed by atoms with Crippen LogP contribution in [-0.2, 0) is 15.6 Å². The van der Waals surface area contributed by atoms with E-state index in [1.807, 2.05) is 6.08 Å². The van der Waals surface area contributed by atoms with E-state index in [4.69, 9.17) is 33.2 Å². The molecular weight excluding hydrogens is 512 g/mol. The number of rotatable bonds is 12. The van der Waals surface area contributed by atoms with Crippen molar-refractivity contribution in [1.29, 1.82) is 0 Å². The van der Waals surface area contributed by atoms with E-state index in [9.17, 15) is 8.42 Å². The van der Waals surface area contributed by atoms with E-state index in [1.54, 1.807) is 36.4 Å². The molecule has 0 amide bonds. The fourth-order valence-electron chi connectivity index (χ4n) is 3.90. The molecule has 0 bridgehead atoms. The second-order valence-electron chi connectivity index (χ2n) is 7.97. The molecule has 3 rings (SSSR count). The maximum atomic E-state index is 13.4. The molecule has 204 valence electrons. The van der Waals surface area contributed by atoms with E-state index in [0.29, 0.717) is 51.4 Å². The first-order valence-electron chi connectivity index (χ1n) is 11.4. The fraction of sp³-hybridized carbons (Fsp3) is 0.286. The average Bonchev–Trinajstić information content (AvgIpc) is 2.94. The number of sulfone groups is 1. The summed E-state index contributed by atoms with van der Waals surface area (Å²) in [5.74, 6) is 2.80. The molecule has 0 aliphatic carbocycles. The number of hydrogen-bond acceptors (Lipinski definition) is 9. The maximum Gasteiger partial charge on any atom is 0.203 e. The van der Waals surface area contributed by atoms with Gasteiger partial charge in [0.2, 0.25) is 5.75 Å². The third kappa shape index (κ3) is 6.08. The largest absolute Gasteiger partial charge is 0.493 e. The van der Waals surface area contributed by atoms with Crippen molar-refractivity contribution in [1.82, 2.24) is 0 Å². The topological polar surface area (TPSA) is 98.8 Å². The van der Waals surface area contributed by atoms with Crippen LogP contribution in [0.1, 0.15) is 16.7 Å². The summed E-state index contributed by atoms with van der Waals surface area (Å²) in [4.78, 5) is 0.101. The Balaban J connectivity index is 2.09. The average molecular weight is 545 g/mol. The highest BCUT2D eigenvalue weighted by Gasteiger charge is 2.21. The SMILES string of the molecule is COc1ccc(S(=O)(=O)Cc2cc(OC)c(OC)cc2/C=C\c2cc(OC)c(OC)c(OC)c2)cc1OC. The highest BCUT2D eigenvalue weighted by molar-refractivity contribution is 7.90. The molecule has 0 aromatic heterocycles. The Bertz CT molecular complexity index is 1390. The number of hydrogen-bond donors (Lipinski definition) is 0. The first-order valence-corrected chi connectivity index (χ1v) is 13.1. The van der Waals surface area contributed by atoms with Gasteiger partial charge in [0, 0.05) is 6.07 Å². The Labute approximate surface area is 223 Å². The third-order valence-corrected chi connectivity index (χ3v) is 7.51. The number of benzene rings is 3. The smallest absolute Gasteiger partial charge is 0.203 e. The third-order valence-electron chi connectivity index (χ3n) is 5.85. The molecule has 0 radical (unpaired) electrons. The van der Waals surface area contributed by atoms with E-state index in [0.717, 1.165) is 5.56 Å². The Morgan fingerprint density at radius 2 is 1.11 bits per heavy atom. The lowest BCUT2D eigenvalue weighted by Gasteiger charge is -2.15. The summed E-state index contributed by atoms with van der Waals surface area (Å²) in [6, 6.07) is 11.5. The zero-order chi connectivity index (χ0) is 27.9. The zero-order valence-electron chi connectivity index (χ0n) is 22.5. The lowest BCUT2D eigenvalue weighted by atomic mass is 10.1. The van der Waals surface area contributed by atoms with E-state index < -0.39 is 9.84 Å². The van der Waals surface area contributed by atoms with Crippen LogP contribution in [-0.4, -0.2) is 58.2 Å². The van der Waals surface area contributed by atoms with Crippen LogP contribution in [0.15, 0.2) is 47.4 Å². The molecule has 0 saturated heterocycles. The Hall–Kier alpha value is -4.05. The lowest BCUT2D eigenvalue weighted by molar-refractivity contribution is 0.324. The maximum absolute atomic E-state index is 13.4. The van der Waals surface area contributed by atoms with Gasteiger partial charge in [-0.1, -0.05) is 12.2 Å². The molecule has 3 aromatic carbocycles. The molecule has 3 aromatic rings. The van der Waals surface area contributed by atoms with Crippen molar-refractivity contribution < 1.29 is 41.6 Å². The molecule has 0 unspecified atom stereocenters. The summed E-state index contributed by atoms with van der Waals surface area (Å²) in [7, 11) is 6.79. The van der Waals surface area contributed by atoms with Gasteiger partial charge in [0.15, 0.2) is 44.3 Å². The van der Waals surface area contributed by atoms with Crippen molar-refractivity contribution >= 4 is 22.0 Å². The van der Waals surface area contributed by atoms with E-state index in [1.165, 1.54) is 61.9 Å². The summed E-state index contributed by atoms with van der Waals surface area (Å²) in [5.41, 5.74) is 1.89.